The highest BCUT2D eigenvalue weighted by Gasteiger charge is 2.52. The van der Waals surface area contributed by atoms with Crippen molar-refractivity contribution in [1.29, 1.82) is 0 Å². The van der Waals surface area contributed by atoms with E-state index >= 15 is 0 Å². The summed E-state index contributed by atoms with van der Waals surface area (Å²) in [5, 5.41) is 138. The molecule has 69 heavy (non-hydrogen) atoms. The fourth-order valence-corrected chi connectivity index (χ4v) is 7.65. The molecule has 3 fully saturated rings. The lowest BCUT2D eigenvalue weighted by molar-refractivity contribution is -0.364. The molecule has 0 spiro atoms. The monoisotopic (exact) mass is 978 g/mol. The van der Waals surface area contributed by atoms with Gasteiger partial charge >= 0.3 is 5.97 Å². The third-order valence-corrected chi connectivity index (χ3v) is 11.5. The quantitative estimate of drug-likeness (QED) is 0.0328. The Morgan fingerprint density at radius 2 is 1.26 bits per heavy atom. The predicted molar refractivity (Wildman–Crippen MR) is 226 cm³/mol. The molecule has 0 saturated carbocycles. The van der Waals surface area contributed by atoms with Gasteiger partial charge in [0.25, 0.3) is 0 Å². The first-order chi connectivity index (χ1) is 32.8. The van der Waals surface area contributed by atoms with Gasteiger partial charge in [-0.15, -0.1) is 0 Å². The Labute approximate surface area is 389 Å². The Bertz CT molecular complexity index is 2450. The van der Waals surface area contributed by atoms with Gasteiger partial charge in [0.15, 0.2) is 52.5 Å². The van der Waals surface area contributed by atoms with E-state index in [0.717, 1.165) is 30.3 Å². The first kappa shape index (κ1) is 51.0. The Morgan fingerprint density at radius 3 is 1.91 bits per heavy atom. The van der Waals surface area contributed by atoms with E-state index in [9.17, 15) is 76.0 Å². The maximum atomic E-state index is 12.9. The summed E-state index contributed by atoms with van der Waals surface area (Å²) >= 11 is 0. The van der Waals surface area contributed by atoms with Crippen LogP contribution in [0.4, 0.5) is 0 Å². The van der Waals surface area contributed by atoms with Crippen molar-refractivity contribution < 1.29 is 118 Å². The number of aliphatic hydroxyl groups is 9. The summed E-state index contributed by atoms with van der Waals surface area (Å²) in [5.41, 5.74) is -0.322. The number of esters is 1. The fraction of sp³-hybridized carbons (Fsp3) is 0.455. The summed E-state index contributed by atoms with van der Waals surface area (Å²) in [5.74, 6) is -3.58. The van der Waals surface area contributed by atoms with Crippen LogP contribution in [0.1, 0.15) is 5.56 Å². The molecule has 5 aliphatic rings. The summed E-state index contributed by atoms with van der Waals surface area (Å²) in [7, 11) is 2.60. The van der Waals surface area contributed by atoms with Crippen molar-refractivity contribution in [2.75, 3.05) is 34.0 Å². The number of fused-ring (bicyclic) bond motifs is 1. The molecule has 25 nitrogen and oxygen atoms in total. The van der Waals surface area contributed by atoms with E-state index in [0.29, 0.717) is 5.56 Å². The van der Waals surface area contributed by atoms with E-state index in [1.807, 2.05) is 0 Å². The van der Waals surface area contributed by atoms with Crippen molar-refractivity contribution in [3.8, 4) is 62.9 Å². The largest absolute Gasteiger partial charge is 0.507 e. The molecule has 3 saturated heterocycles. The van der Waals surface area contributed by atoms with Gasteiger partial charge in [0.2, 0.25) is 12.0 Å². The number of carbonyl (C=O) groups excluding carboxylic acids is 1. The second-order valence-corrected chi connectivity index (χ2v) is 16.0. The molecule has 376 valence electrons. The second kappa shape index (κ2) is 21.4. The minimum Gasteiger partial charge on any atom is -0.507 e. The van der Waals surface area contributed by atoms with Crippen LogP contribution in [0.5, 0.6) is 40.2 Å². The van der Waals surface area contributed by atoms with Crippen LogP contribution in [0.15, 0.2) is 63.8 Å². The molecule has 4 aliphatic heterocycles. The summed E-state index contributed by atoms with van der Waals surface area (Å²) < 4.78 is 55.9. The third-order valence-electron chi connectivity index (χ3n) is 11.5. The van der Waals surface area contributed by atoms with Gasteiger partial charge in [-0.1, -0.05) is 0 Å². The van der Waals surface area contributed by atoms with E-state index in [-0.39, 0.29) is 45.6 Å². The summed E-state index contributed by atoms with van der Waals surface area (Å²) in [4.78, 5) is 25.1. The van der Waals surface area contributed by atoms with Crippen LogP contribution in [0.25, 0.3) is 28.7 Å². The van der Waals surface area contributed by atoms with Crippen LogP contribution >= 0.6 is 0 Å². The van der Waals surface area contributed by atoms with E-state index < -0.39 is 141 Å². The molecule has 0 amide bonds. The number of rotatable bonds is 15. The molecule has 0 bridgehead atoms. The number of hydrogen-bond donors (Lipinski definition) is 13. The topological polar surface area (TPSA) is 393 Å². The highest BCUT2D eigenvalue weighted by Crippen LogP contribution is 2.43. The van der Waals surface area contributed by atoms with Gasteiger partial charge in [-0.25, -0.2) is 4.79 Å². The molecule has 0 radical (unpaired) electrons. The molecular weight excluding hydrogens is 928 g/mol. The number of aromatic hydroxyl groups is 4. The van der Waals surface area contributed by atoms with E-state index in [1.165, 1.54) is 44.6 Å². The van der Waals surface area contributed by atoms with Crippen molar-refractivity contribution in [1.82, 2.24) is 0 Å². The van der Waals surface area contributed by atoms with Gasteiger partial charge in [0.1, 0.15) is 91.4 Å². The van der Waals surface area contributed by atoms with E-state index in [1.54, 1.807) is 0 Å². The SMILES string of the molecule is COc1cc(C=CC(=O)OC[C@H]2O[C@@H](OC[C@H]3O[C@@H](Oc4cc5c(O)cc(=O)cc-5oc4-c4ccc(O)c(O)c4)[C@H](O)[C@@H](O)[C@@H]3O)[C@H](O)[C@@H](O[C@@H]3O[C@H](CO)[C@@H](O)[C@H](O)[C@H]3O)[C@@H]2O)cc(OC)c1O. The average Bonchev–Trinajstić information content (AvgIpc) is 3.33. The lowest BCUT2D eigenvalue weighted by Gasteiger charge is -2.46. The van der Waals surface area contributed by atoms with Crippen LogP contribution in [-0.2, 0) is 33.2 Å². The smallest absolute Gasteiger partial charge is 0.330 e. The van der Waals surface area contributed by atoms with Gasteiger partial charge in [-0.05, 0) is 48.0 Å². The first-order valence-electron chi connectivity index (χ1n) is 20.9. The number of methoxy groups -OCH3 is 2. The second-order valence-electron chi connectivity index (χ2n) is 16.0. The van der Waals surface area contributed by atoms with Crippen molar-refractivity contribution >= 4 is 12.0 Å². The summed E-state index contributed by atoms with van der Waals surface area (Å²) in [6, 6.07) is 9.36. The van der Waals surface area contributed by atoms with Gasteiger partial charge in [-0.2, -0.15) is 0 Å². The molecule has 4 heterocycles. The van der Waals surface area contributed by atoms with Crippen LogP contribution < -0.4 is 19.6 Å². The number of ether oxygens (including phenoxy) is 9. The van der Waals surface area contributed by atoms with Crippen LogP contribution in [-0.4, -0.2) is 199 Å². The molecule has 0 aromatic heterocycles. The average molecular weight is 979 g/mol. The maximum Gasteiger partial charge on any atom is 0.330 e. The van der Waals surface area contributed by atoms with Crippen molar-refractivity contribution in [2.24, 2.45) is 0 Å². The molecule has 2 aromatic carbocycles. The number of benzene rings is 3. The van der Waals surface area contributed by atoms with Gasteiger partial charge in [-0.3, -0.25) is 4.79 Å². The minimum atomic E-state index is -2.06. The molecule has 15 atom stereocenters. The zero-order valence-corrected chi connectivity index (χ0v) is 36.3. The van der Waals surface area contributed by atoms with Gasteiger partial charge in [0.05, 0.1) is 33.0 Å². The lowest BCUT2D eigenvalue weighted by Crippen LogP contribution is -2.65. The van der Waals surface area contributed by atoms with Crippen LogP contribution in [0, 0.1) is 0 Å². The molecule has 0 unspecified atom stereocenters. The van der Waals surface area contributed by atoms with Crippen molar-refractivity contribution in [3.05, 3.63) is 70.4 Å². The zero-order chi connectivity index (χ0) is 50.0. The molecule has 25 heteroatoms. The third kappa shape index (κ3) is 10.8. The van der Waals surface area contributed by atoms with Crippen molar-refractivity contribution in [2.45, 2.75) is 92.1 Å². The van der Waals surface area contributed by atoms with Crippen molar-refractivity contribution in [3.63, 3.8) is 0 Å². The number of hydrogen-bond acceptors (Lipinski definition) is 25. The van der Waals surface area contributed by atoms with Crippen LogP contribution in [0.3, 0.4) is 0 Å². The number of phenolic OH excluding ortho intramolecular Hbond substituents is 4. The standard InChI is InChI=1S/C44H50O25/c1-60-24-7-16(8-25(61-2)31(24)51)3-6-30(50)62-14-29-34(54)41(69-44-38(58)35(55)32(52)27(13-45)66-44)39(59)42(67-29)63-15-28-33(53)36(56)37(57)43(68-28)65-26-12-19-21(48)10-18(46)11-23(19)64-40(26)17-4-5-20(47)22(49)9-17/h3-12,27-29,32-39,41-45,47-49,51-59H,13-15H2,1-2H3/t27-,28-,29-,32-,33-,34-,35+,36+,37-,38-,39-,41+,42-,43-,44+/m1/s1. The van der Waals surface area contributed by atoms with E-state index in [4.69, 9.17) is 47.0 Å². The molecule has 13 N–H and O–H groups in total. The highest BCUT2D eigenvalue weighted by molar-refractivity contribution is 5.87. The Hall–Kier alpha value is -5.88. The maximum absolute atomic E-state index is 12.9. The molecule has 7 rings (SSSR count). The predicted octanol–water partition coefficient (Wildman–Crippen LogP) is -2.66. The summed E-state index contributed by atoms with van der Waals surface area (Å²) in [6.07, 6.45) is -25.9. The highest BCUT2D eigenvalue weighted by atomic mass is 16.8. The molecular formula is C44H50O25. The molecule has 1 aliphatic carbocycles. The Morgan fingerprint density at radius 1 is 0.638 bits per heavy atom. The zero-order valence-electron chi connectivity index (χ0n) is 36.3. The van der Waals surface area contributed by atoms with E-state index in [2.05, 4.69) is 0 Å². The Balaban J connectivity index is 1.12. The number of phenols is 4. The number of aliphatic hydroxyl groups excluding tert-OH is 9. The van der Waals surface area contributed by atoms with Crippen LogP contribution in [0.2, 0.25) is 0 Å². The van der Waals surface area contributed by atoms with Gasteiger partial charge in [0, 0.05) is 23.8 Å². The fourth-order valence-electron chi connectivity index (χ4n) is 7.65. The first-order valence-corrected chi connectivity index (χ1v) is 20.9. The normalized spacial score (nSPS) is 31.7. The lowest BCUT2D eigenvalue weighted by atomic mass is 9.96. The molecule has 2 aromatic rings. The minimum absolute atomic E-state index is 0.0281. The summed E-state index contributed by atoms with van der Waals surface area (Å²) in [6.45, 7) is -2.46. The van der Waals surface area contributed by atoms with Gasteiger partial charge < -0.3 is 113 Å². The Kier molecular flexibility index (Phi) is 15.8. The number of carbonyl (C=O) groups is 1.